The monoisotopic (exact) mass is 238 g/mol. The smallest absolute Gasteiger partial charge is 0.225 e. The van der Waals surface area contributed by atoms with Crippen molar-refractivity contribution in [1.82, 2.24) is 10.2 Å². The molecule has 1 heterocycles. The van der Waals surface area contributed by atoms with E-state index in [0.717, 1.165) is 32.5 Å². The number of carbonyl (C=O) groups excluding carboxylic acids is 1. The zero-order valence-electron chi connectivity index (χ0n) is 11.1. The fourth-order valence-corrected chi connectivity index (χ4v) is 3.22. The highest BCUT2D eigenvalue weighted by atomic mass is 16.2. The van der Waals surface area contributed by atoms with Crippen LogP contribution in [0.25, 0.3) is 0 Å². The summed E-state index contributed by atoms with van der Waals surface area (Å²) < 4.78 is 0. The van der Waals surface area contributed by atoms with Crippen LogP contribution in [0.5, 0.6) is 0 Å². The Morgan fingerprint density at radius 2 is 1.94 bits per heavy atom. The van der Waals surface area contributed by atoms with Gasteiger partial charge in [0.05, 0.1) is 0 Å². The summed E-state index contributed by atoms with van der Waals surface area (Å²) in [7, 11) is 1.99. The van der Waals surface area contributed by atoms with Gasteiger partial charge in [-0.25, -0.2) is 0 Å². The summed E-state index contributed by atoms with van der Waals surface area (Å²) in [5.74, 6) is 1.39. The minimum Gasteiger partial charge on any atom is -0.345 e. The van der Waals surface area contributed by atoms with Gasteiger partial charge >= 0.3 is 0 Å². The molecule has 1 amide bonds. The number of amides is 1. The number of nitrogens with zero attached hydrogens (tertiary/aromatic N) is 1. The van der Waals surface area contributed by atoms with Crippen molar-refractivity contribution in [2.24, 2.45) is 11.8 Å². The Kier molecular flexibility index (Phi) is 4.84. The molecule has 0 bridgehead atoms. The van der Waals surface area contributed by atoms with E-state index in [0.29, 0.717) is 17.7 Å². The third-order valence-electron chi connectivity index (χ3n) is 4.26. The Bertz CT molecular complexity index is 243. The van der Waals surface area contributed by atoms with E-state index < -0.39 is 0 Å². The molecule has 0 aromatic carbocycles. The van der Waals surface area contributed by atoms with Crippen LogP contribution in [0.1, 0.15) is 44.9 Å². The number of hydrogen-bond donors (Lipinski definition) is 1. The molecule has 1 saturated heterocycles. The third-order valence-corrected chi connectivity index (χ3v) is 4.26. The molecule has 2 fully saturated rings. The quantitative estimate of drug-likeness (QED) is 0.816. The Balaban J connectivity index is 1.77. The van der Waals surface area contributed by atoms with Crippen molar-refractivity contribution >= 4 is 5.91 Å². The molecule has 1 atom stereocenters. The molecular weight excluding hydrogens is 212 g/mol. The van der Waals surface area contributed by atoms with Gasteiger partial charge in [-0.3, -0.25) is 4.79 Å². The van der Waals surface area contributed by atoms with E-state index in [9.17, 15) is 4.79 Å². The van der Waals surface area contributed by atoms with Gasteiger partial charge in [-0.1, -0.05) is 19.3 Å². The van der Waals surface area contributed by atoms with Crippen LogP contribution in [0.4, 0.5) is 0 Å². The van der Waals surface area contributed by atoms with Crippen molar-refractivity contribution in [1.29, 1.82) is 0 Å². The second-order valence-corrected chi connectivity index (χ2v) is 5.77. The molecule has 1 unspecified atom stereocenters. The average molecular weight is 238 g/mol. The highest BCUT2D eigenvalue weighted by Gasteiger charge is 2.25. The highest BCUT2D eigenvalue weighted by molar-refractivity contribution is 5.78. The standard InChI is InChI=1S/C14H26N2O/c1-16(11-12-6-5-9-15-10-12)14(17)13-7-3-2-4-8-13/h12-13,15H,2-11H2,1H3. The van der Waals surface area contributed by atoms with E-state index in [1.807, 2.05) is 11.9 Å². The Labute approximate surface area is 105 Å². The van der Waals surface area contributed by atoms with E-state index in [1.54, 1.807) is 0 Å². The first-order valence-corrected chi connectivity index (χ1v) is 7.23. The van der Waals surface area contributed by atoms with Crippen LogP contribution in [0, 0.1) is 11.8 Å². The van der Waals surface area contributed by atoms with Crippen molar-refractivity contribution in [3.05, 3.63) is 0 Å². The molecule has 17 heavy (non-hydrogen) atoms. The summed E-state index contributed by atoms with van der Waals surface area (Å²) in [5.41, 5.74) is 0. The molecule has 2 rings (SSSR count). The SMILES string of the molecule is CN(CC1CCCNC1)C(=O)C1CCCCC1. The van der Waals surface area contributed by atoms with Crippen LogP contribution >= 0.6 is 0 Å². The van der Waals surface area contributed by atoms with E-state index in [2.05, 4.69) is 5.32 Å². The van der Waals surface area contributed by atoms with Crippen molar-refractivity contribution in [2.45, 2.75) is 44.9 Å². The molecule has 0 aromatic rings. The maximum Gasteiger partial charge on any atom is 0.225 e. The van der Waals surface area contributed by atoms with Gasteiger partial charge in [0.2, 0.25) is 5.91 Å². The lowest BCUT2D eigenvalue weighted by atomic mass is 9.88. The normalized spacial score (nSPS) is 26.8. The first-order chi connectivity index (χ1) is 8.27. The molecule has 0 radical (unpaired) electrons. The van der Waals surface area contributed by atoms with E-state index in [-0.39, 0.29) is 0 Å². The number of carbonyl (C=O) groups is 1. The van der Waals surface area contributed by atoms with Crippen LogP contribution in [-0.2, 0) is 4.79 Å². The zero-order valence-corrected chi connectivity index (χ0v) is 11.1. The first-order valence-electron chi connectivity index (χ1n) is 7.23. The van der Waals surface area contributed by atoms with Crippen LogP contribution in [-0.4, -0.2) is 37.5 Å². The maximum atomic E-state index is 12.3. The summed E-state index contributed by atoms with van der Waals surface area (Å²) >= 11 is 0. The lowest BCUT2D eigenvalue weighted by Gasteiger charge is -2.31. The Morgan fingerprint density at radius 1 is 1.18 bits per heavy atom. The van der Waals surface area contributed by atoms with E-state index in [4.69, 9.17) is 0 Å². The van der Waals surface area contributed by atoms with Crippen molar-refractivity contribution in [3.63, 3.8) is 0 Å². The van der Waals surface area contributed by atoms with Crippen molar-refractivity contribution in [2.75, 3.05) is 26.7 Å². The summed E-state index contributed by atoms with van der Waals surface area (Å²) in [6.45, 7) is 3.18. The molecular formula is C14H26N2O. The predicted octanol–water partition coefficient (Wildman–Crippen LogP) is 2.02. The minimum atomic E-state index is 0.324. The van der Waals surface area contributed by atoms with Gasteiger partial charge in [0.25, 0.3) is 0 Å². The van der Waals surface area contributed by atoms with Crippen molar-refractivity contribution in [3.8, 4) is 0 Å². The maximum absolute atomic E-state index is 12.3. The van der Waals surface area contributed by atoms with E-state index >= 15 is 0 Å². The molecule has 1 saturated carbocycles. The second-order valence-electron chi connectivity index (χ2n) is 5.77. The van der Waals surface area contributed by atoms with E-state index in [1.165, 1.54) is 32.1 Å². The van der Waals surface area contributed by atoms with Gasteiger partial charge in [0.1, 0.15) is 0 Å². The first kappa shape index (κ1) is 12.9. The van der Waals surface area contributed by atoms with Gasteiger partial charge < -0.3 is 10.2 Å². The van der Waals surface area contributed by atoms with Gasteiger partial charge in [0.15, 0.2) is 0 Å². The van der Waals surface area contributed by atoms with Gasteiger partial charge in [-0.15, -0.1) is 0 Å². The van der Waals surface area contributed by atoms with Crippen LogP contribution in [0.2, 0.25) is 0 Å². The second kappa shape index (κ2) is 6.39. The fourth-order valence-electron chi connectivity index (χ4n) is 3.22. The van der Waals surface area contributed by atoms with Gasteiger partial charge in [-0.05, 0) is 44.7 Å². The molecule has 3 heteroatoms. The van der Waals surface area contributed by atoms with Gasteiger partial charge in [-0.2, -0.15) is 0 Å². The fraction of sp³-hybridized carbons (Fsp3) is 0.929. The molecule has 98 valence electrons. The topological polar surface area (TPSA) is 32.3 Å². The number of nitrogens with one attached hydrogen (secondary N) is 1. The van der Waals surface area contributed by atoms with Crippen LogP contribution < -0.4 is 5.32 Å². The minimum absolute atomic E-state index is 0.324. The molecule has 2 aliphatic rings. The predicted molar refractivity (Wildman–Crippen MR) is 69.8 cm³/mol. The summed E-state index contributed by atoms with van der Waals surface area (Å²) in [5, 5.41) is 3.42. The summed E-state index contributed by atoms with van der Waals surface area (Å²) in [4.78, 5) is 14.3. The Hall–Kier alpha value is -0.570. The van der Waals surface area contributed by atoms with Crippen molar-refractivity contribution < 1.29 is 4.79 Å². The average Bonchev–Trinajstić information content (AvgIpc) is 2.40. The van der Waals surface area contributed by atoms with Gasteiger partial charge in [0, 0.05) is 19.5 Å². The molecule has 3 nitrogen and oxygen atoms in total. The molecule has 1 N–H and O–H groups in total. The summed E-state index contributed by atoms with van der Waals surface area (Å²) in [6, 6.07) is 0. The van der Waals surface area contributed by atoms with Crippen LogP contribution in [0.15, 0.2) is 0 Å². The number of hydrogen-bond acceptors (Lipinski definition) is 2. The Morgan fingerprint density at radius 3 is 2.59 bits per heavy atom. The number of rotatable bonds is 3. The zero-order chi connectivity index (χ0) is 12.1. The largest absolute Gasteiger partial charge is 0.345 e. The molecule has 1 aliphatic carbocycles. The molecule has 0 aromatic heterocycles. The third kappa shape index (κ3) is 3.70. The highest BCUT2D eigenvalue weighted by Crippen LogP contribution is 2.25. The molecule has 0 spiro atoms. The number of piperidine rings is 1. The lowest BCUT2D eigenvalue weighted by molar-refractivity contribution is -0.135. The lowest BCUT2D eigenvalue weighted by Crippen LogP contribution is -2.41. The molecule has 1 aliphatic heterocycles. The van der Waals surface area contributed by atoms with Crippen LogP contribution in [0.3, 0.4) is 0 Å². The summed E-state index contributed by atoms with van der Waals surface area (Å²) in [6.07, 6.45) is 8.58.